The minimum absolute atomic E-state index is 0.256. The van der Waals surface area contributed by atoms with Crippen molar-refractivity contribution in [2.75, 3.05) is 0 Å². The van der Waals surface area contributed by atoms with Crippen molar-refractivity contribution in [2.24, 2.45) is 5.92 Å². The van der Waals surface area contributed by atoms with E-state index >= 15 is 0 Å². The number of rotatable bonds is 6. The van der Waals surface area contributed by atoms with Gasteiger partial charge >= 0.3 is 0 Å². The van der Waals surface area contributed by atoms with Crippen molar-refractivity contribution in [2.45, 2.75) is 57.0 Å². The molecule has 2 atom stereocenters. The Morgan fingerprint density at radius 2 is 1.71 bits per heavy atom. The molecule has 5 rings (SSSR count). The van der Waals surface area contributed by atoms with Crippen molar-refractivity contribution in [3.05, 3.63) is 101 Å². The van der Waals surface area contributed by atoms with Crippen LogP contribution in [0.2, 0.25) is 0 Å². The van der Waals surface area contributed by atoms with Crippen LogP contribution in [0.5, 0.6) is 5.75 Å². The molecule has 0 radical (unpaired) electrons. The zero-order valence-electron chi connectivity index (χ0n) is 18.2. The van der Waals surface area contributed by atoms with Gasteiger partial charge in [-0.1, -0.05) is 66.2 Å². The molecule has 2 aliphatic carbocycles. The molecule has 2 nitrogen and oxygen atoms in total. The van der Waals surface area contributed by atoms with E-state index in [9.17, 15) is 4.79 Å². The van der Waals surface area contributed by atoms with E-state index in [0.717, 1.165) is 31.3 Å². The van der Waals surface area contributed by atoms with Gasteiger partial charge in [-0.15, -0.1) is 0 Å². The molecule has 0 spiro atoms. The molecule has 158 valence electrons. The average Bonchev–Trinajstić information content (AvgIpc) is 2.78. The minimum atomic E-state index is 0.256. The number of carbonyl (C=O) groups is 1. The van der Waals surface area contributed by atoms with Crippen LogP contribution in [0, 0.1) is 12.8 Å². The van der Waals surface area contributed by atoms with Crippen molar-refractivity contribution in [1.82, 2.24) is 0 Å². The van der Waals surface area contributed by atoms with Crippen molar-refractivity contribution in [1.29, 1.82) is 0 Å². The third-order valence-electron chi connectivity index (χ3n) is 7.15. The highest BCUT2D eigenvalue weighted by Gasteiger charge is 2.33. The molecule has 3 aromatic rings. The van der Waals surface area contributed by atoms with Gasteiger partial charge in [-0.3, -0.25) is 0 Å². The van der Waals surface area contributed by atoms with Crippen LogP contribution in [0.25, 0.3) is 0 Å². The second-order valence-corrected chi connectivity index (χ2v) is 9.28. The van der Waals surface area contributed by atoms with Crippen LogP contribution in [0.15, 0.2) is 72.8 Å². The first-order valence-corrected chi connectivity index (χ1v) is 11.6. The second kappa shape index (κ2) is 8.70. The van der Waals surface area contributed by atoms with Crippen molar-refractivity contribution >= 4 is 6.29 Å². The summed E-state index contributed by atoms with van der Waals surface area (Å²) in [6.45, 7) is 2.19. The molecule has 0 aliphatic heterocycles. The van der Waals surface area contributed by atoms with Crippen LogP contribution >= 0.6 is 0 Å². The van der Waals surface area contributed by atoms with Crippen molar-refractivity contribution in [3.8, 4) is 5.75 Å². The third-order valence-corrected chi connectivity index (χ3v) is 7.15. The molecule has 0 unspecified atom stereocenters. The zero-order chi connectivity index (χ0) is 21.2. The maximum Gasteiger partial charge on any atom is 0.120 e. The predicted octanol–water partition coefficient (Wildman–Crippen LogP) is 6.60. The van der Waals surface area contributed by atoms with Gasteiger partial charge < -0.3 is 9.53 Å². The molecular formula is C29H30O2. The summed E-state index contributed by atoms with van der Waals surface area (Å²) in [5.74, 6) is 2.30. The summed E-state index contributed by atoms with van der Waals surface area (Å²) in [7, 11) is 0. The fraction of sp³-hybridized carbons (Fsp3) is 0.345. The minimum Gasteiger partial charge on any atom is -0.490 e. The van der Waals surface area contributed by atoms with Gasteiger partial charge in [0.25, 0.3) is 0 Å². The number of hydrogen-bond donors (Lipinski definition) is 0. The Balaban J connectivity index is 1.41. The zero-order valence-corrected chi connectivity index (χ0v) is 18.2. The molecule has 2 aliphatic rings. The number of hydrogen-bond acceptors (Lipinski definition) is 2. The summed E-state index contributed by atoms with van der Waals surface area (Å²) >= 11 is 0. The van der Waals surface area contributed by atoms with E-state index in [2.05, 4.69) is 79.7 Å². The number of fused-ring (bicyclic) bond motifs is 1. The van der Waals surface area contributed by atoms with E-state index in [1.165, 1.54) is 34.2 Å². The number of ether oxygens (including phenoxy) is 1. The fourth-order valence-electron chi connectivity index (χ4n) is 5.47. The average molecular weight is 411 g/mol. The van der Waals surface area contributed by atoms with Crippen molar-refractivity contribution < 1.29 is 9.53 Å². The van der Waals surface area contributed by atoms with E-state index in [1.54, 1.807) is 0 Å². The summed E-state index contributed by atoms with van der Waals surface area (Å²) < 4.78 is 6.15. The topological polar surface area (TPSA) is 26.3 Å². The summed E-state index contributed by atoms with van der Waals surface area (Å²) in [5, 5.41) is 0. The Morgan fingerprint density at radius 1 is 0.935 bits per heavy atom. The normalized spacial score (nSPS) is 24.7. The lowest BCUT2D eigenvalue weighted by molar-refractivity contribution is -0.109. The molecule has 31 heavy (non-hydrogen) atoms. The highest BCUT2D eigenvalue weighted by atomic mass is 16.5. The van der Waals surface area contributed by atoms with Gasteiger partial charge in [-0.25, -0.2) is 0 Å². The van der Waals surface area contributed by atoms with E-state index in [0.29, 0.717) is 24.2 Å². The monoisotopic (exact) mass is 410 g/mol. The lowest BCUT2D eigenvalue weighted by Gasteiger charge is -2.36. The quantitative estimate of drug-likeness (QED) is 0.428. The molecule has 1 fully saturated rings. The lowest BCUT2D eigenvalue weighted by Crippen LogP contribution is -2.33. The van der Waals surface area contributed by atoms with Crippen LogP contribution < -0.4 is 4.74 Å². The predicted molar refractivity (Wildman–Crippen MR) is 125 cm³/mol. The first-order valence-electron chi connectivity index (χ1n) is 11.6. The maximum atomic E-state index is 10.7. The number of benzene rings is 3. The largest absolute Gasteiger partial charge is 0.490 e. The summed E-state index contributed by atoms with van der Waals surface area (Å²) in [5.41, 5.74) is 7.09. The Labute approximate surface area is 185 Å². The molecule has 1 saturated carbocycles. The Morgan fingerprint density at radius 3 is 2.45 bits per heavy atom. The van der Waals surface area contributed by atoms with Crippen molar-refractivity contribution in [3.63, 3.8) is 0 Å². The van der Waals surface area contributed by atoms with Crippen LogP contribution in [-0.4, -0.2) is 12.4 Å². The van der Waals surface area contributed by atoms with Gasteiger partial charge in [-0.05, 0) is 78.8 Å². The molecular weight excluding hydrogens is 380 g/mol. The molecule has 0 aromatic heterocycles. The van der Waals surface area contributed by atoms with Crippen LogP contribution in [0.1, 0.15) is 65.3 Å². The fourth-order valence-corrected chi connectivity index (χ4v) is 5.47. The summed E-state index contributed by atoms with van der Waals surface area (Å²) in [4.78, 5) is 10.7. The first-order chi connectivity index (χ1) is 15.2. The first kappa shape index (κ1) is 20.1. The Bertz CT molecular complexity index is 1030. The molecule has 0 N–H and O–H groups in total. The Kier molecular flexibility index (Phi) is 5.63. The van der Waals surface area contributed by atoms with Crippen LogP contribution in [0.4, 0.5) is 0 Å². The molecule has 3 aromatic carbocycles. The third kappa shape index (κ3) is 4.17. The van der Waals surface area contributed by atoms with E-state index in [-0.39, 0.29) is 6.10 Å². The molecule has 2 heteroatoms. The van der Waals surface area contributed by atoms with E-state index in [1.807, 2.05) is 0 Å². The standard InChI is InChI=1S/C29H30O2/c1-20-7-13-28-24(17-20)10-14-27(22-5-3-2-4-6-22)29(28)23-8-11-25(12-9-23)31-26-18-21(19-26)15-16-30/h2-9,11-13,16-17,21,26-27,29H,10,14-15,18-19H2,1H3/t21?,26?,27-,29+/m1/s1. The SMILES string of the molecule is Cc1ccc2c(c1)CC[C@H](c1ccccc1)[C@@H]2c1ccc(OC2CC(CC=O)C2)cc1. The van der Waals surface area contributed by atoms with Gasteiger partial charge in [-0.2, -0.15) is 0 Å². The van der Waals surface area contributed by atoms with Gasteiger partial charge in [0.05, 0.1) is 6.10 Å². The molecule has 0 amide bonds. The van der Waals surface area contributed by atoms with E-state index < -0.39 is 0 Å². The smallest absolute Gasteiger partial charge is 0.120 e. The highest BCUT2D eigenvalue weighted by molar-refractivity contribution is 5.50. The second-order valence-electron chi connectivity index (χ2n) is 9.28. The molecule has 0 heterocycles. The van der Waals surface area contributed by atoms with Gasteiger partial charge in [0.2, 0.25) is 0 Å². The van der Waals surface area contributed by atoms with Crippen LogP contribution in [0.3, 0.4) is 0 Å². The summed E-state index contributed by atoms with van der Waals surface area (Å²) in [6.07, 6.45) is 6.24. The maximum absolute atomic E-state index is 10.7. The number of aldehydes is 1. The van der Waals surface area contributed by atoms with Crippen LogP contribution in [-0.2, 0) is 11.2 Å². The number of aryl methyl sites for hydroxylation is 2. The van der Waals surface area contributed by atoms with Gasteiger partial charge in [0.15, 0.2) is 0 Å². The van der Waals surface area contributed by atoms with E-state index in [4.69, 9.17) is 4.74 Å². The summed E-state index contributed by atoms with van der Waals surface area (Å²) in [6, 6.07) is 26.7. The Hall–Kier alpha value is -2.87. The van der Waals surface area contributed by atoms with Gasteiger partial charge in [0, 0.05) is 12.3 Å². The van der Waals surface area contributed by atoms with Gasteiger partial charge in [0.1, 0.15) is 12.0 Å². The highest BCUT2D eigenvalue weighted by Crippen LogP contribution is 2.46. The lowest BCUT2D eigenvalue weighted by atomic mass is 9.69. The molecule has 0 saturated heterocycles. The molecule has 0 bridgehead atoms. The number of carbonyl (C=O) groups excluding carboxylic acids is 1.